The van der Waals surface area contributed by atoms with E-state index in [4.69, 9.17) is 4.74 Å². The highest BCUT2D eigenvalue weighted by Crippen LogP contribution is 2.20. The number of hydrogen-bond acceptors (Lipinski definition) is 4. The van der Waals surface area contributed by atoms with E-state index >= 15 is 0 Å². The third-order valence-electron chi connectivity index (χ3n) is 5.14. The number of methoxy groups -OCH3 is 1. The van der Waals surface area contributed by atoms with Crippen molar-refractivity contribution >= 4 is 39.1 Å². The predicted molar refractivity (Wildman–Crippen MR) is 132 cm³/mol. The number of halogens is 1. The highest BCUT2D eigenvalue weighted by molar-refractivity contribution is 9.10. The molecule has 1 heterocycles. The molecule has 0 fully saturated rings. The van der Waals surface area contributed by atoms with Gasteiger partial charge in [-0.2, -0.15) is 0 Å². The van der Waals surface area contributed by atoms with Gasteiger partial charge in [0.2, 0.25) is 5.91 Å². The van der Waals surface area contributed by atoms with E-state index < -0.39 is 0 Å². The van der Waals surface area contributed by atoms with E-state index in [-0.39, 0.29) is 18.4 Å². The van der Waals surface area contributed by atoms with Gasteiger partial charge in [0.15, 0.2) is 0 Å². The zero-order valence-electron chi connectivity index (χ0n) is 18.3. The van der Waals surface area contributed by atoms with Crippen LogP contribution in [0.25, 0.3) is 0 Å². The monoisotopic (exact) mass is 514 g/mol. The normalized spacial score (nSPS) is 10.7. The lowest BCUT2D eigenvalue weighted by Gasteiger charge is -2.28. The Morgan fingerprint density at radius 1 is 0.969 bits per heavy atom. The maximum absolute atomic E-state index is 13.4. The fourth-order valence-electron chi connectivity index (χ4n) is 3.27. The number of amides is 2. The van der Waals surface area contributed by atoms with E-state index in [9.17, 15) is 9.59 Å². The molecular weight excluding hydrogens is 488 g/mol. The Hall–Kier alpha value is -2.48. The topological polar surface area (TPSA) is 49.9 Å². The van der Waals surface area contributed by atoms with Crippen molar-refractivity contribution in [2.45, 2.75) is 20.0 Å². The van der Waals surface area contributed by atoms with Crippen molar-refractivity contribution in [3.63, 3.8) is 0 Å². The molecule has 3 aromatic rings. The molecule has 7 heteroatoms. The van der Waals surface area contributed by atoms with Gasteiger partial charge in [0.05, 0.1) is 13.2 Å². The number of ether oxygens (including phenoxy) is 1. The van der Waals surface area contributed by atoms with Crippen molar-refractivity contribution in [2.24, 2.45) is 0 Å². The first-order chi connectivity index (χ1) is 15.5. The second-order valence-corrected chi connectivity index (χ2v) is 9.40. The molecule has 0 aliphatic heterocycles. The van der Waals surface area contributed by atoms with Crippen LogP contribution in [-0.2, 0) is 22.6 Å². The van der Waals surface area contributed by atoms with Crippen molar-refractivity contribution in [1.82, 2.24) is 9.80 Å². The van der Waals surface area contributed by atoms with Crippen LogP contribution in [0.2, 0.25) is 0 Å². The Morgan fingerprint density at radius 3 is 2.31 bits per heavy atom. The lowest BCUT2D eigenvalue weighted by Crippen LogP contribution is -2.43. The molecule has 3 rings (SSSR count). The molecule has 2 amide bonds. The van der Waals surface area contributed by atoms with Crippen LogP contribution in [0.1, 0.15) is 26.4 Å². The summed E-state index contributed by atoms with van der Waals surface area (Å²) in [4.78, 5) is 31.1. The van der Waals surface area contributed by atoms with Gasteiger partial charge >= 0.3 is 0 Å². The van der Waals surface area contributed by atoms with E-state index in [1.165, 1.54) is 5.56 Å². The number of rotatable bonds is 10. The summed E-state index contributed by atoms with van der Waals surface area (Å²) in [5.74, 6) is -0.280. The average Bonchev–Trinajstić information content (AvgIpc) is 3.21. The highest BCUT2D eigenvalue weighted by Gasteiger charge is 2.23. The maximum Gasteiger partial charge on any atom is 0.254 e. The smallest absolute Gasteiger partial charge is 0.254 e. The molecule has 0 N–H and O–H groups in total. The van der Waals surface area contributed by atoms with Gasteiger partial charge in [-0.1, -0.05) is 46.3 Å². The van der Waals surface area contributed by atoms with Crippen molar-refractivity contribution in [3.05, 3.63) is 92.1 Å². The first-order valence-corrected chi connectivity index (χ1v) is 12.0. The summed E-state index contributed by atoms with van der Waals surface area (Å²) in [5, 5.41) is 2.04. The van der Waals surface area contributed by atoms with Gasteiger partial charge in [0, 0.05) is 35.1 Å². The molecule has 0 spiro atoms. The zero-order chi connectivity index (χ0) is 22.9. The molecule has 168 valence electrons. The Labute approximate surface area is 201 Å². The molecule has 1 aromatic heterocycles. The number of carbonyl (C=O) groups is 2. The molecule has 5 nitrogen and oxygen atoms in total. The van der Waals surface area contributed by atoms with Gasteiger partial charge in [0.1, 0.15) is 6.54 Å². The third kappa shape index (κ3) is 6.76. The fraction of sp³-hybridized carbons (Fsp3) is 0.280. The number of hydrogen-bond donors (Lipinski definition) is 0. The number of carbonyl (C=O) groups excluding carboxylic acids is 2. The van der Waals surface area contributed by atoms with Crippen molar-refractivity contribution in [3.8, 4) is 0 Å². The molecule has 0 saturated carbocycles. The van der Waals surface area contributed by atoms with Crippen molar-refractivity contribution < 1.29 is 14.3 Å². The molecule has 0 aliphatic carbocycles. The summed E-state index contributed by atoms with van der Waals surface area (Å²) >= 11 is 5.04. The lowest BCUT2D eigenvalue weighted by molar-refractivity contribution is -0.133. The van der Waals surface area contributed by atoms with Gasteiger partial charge in [-0.25, -0.2) is 0 Å². The van der Waals surface area contributed by atoms with Crippen molar-refractivity contribution in [2.75, 3.05) is 26.8 Å². The zero-order valence-corrected chi connectivity index (χ0v) is 20.7. The molecule has 0 bridgehead atoms. The second-order valence-electron chi connectivity index (χ2n) is 7.49. The van der Waals surface area contributed by atoms with Gasteiger partial charge in [-0.3, -0.25) is 9.59 Å². The van der Waals surface area contributed by atoms with Crippen LogP contribution in [0.5, 0.6) is 0 Å². The second kappa shape index (κ2) is 11.9. The average molecular weight is 515 g/mol. The summed E-state index contributed by atoms with van der Waals surface area (Å²) in [5.41, 5.74) is 2.77. The van der Waals surface area contributed by atoms with E-state index in [0.29, 0.717) is 31.8 Å². The molecule has 0 aliphatic rings. The van der Waals surface area contributed by atoms with E-state index in [1.54, 1.807) is 35.5 Å². The molecule has 0 saturated heterocycles. The summed E-state index contributed by atoms with van der Waals surface area (Å²) in [6, 6.07) is 19.1. The molecule has 0 radical (unpaired) electrons. The molecule has 0 atom stereocenters. The number of benzene rings is 2. The molecular formula is C25H27BrN2O3S. The number of aryl methyl sites for hydroxylation is 1. The van der Waals surface area contributed by atoms with Crippen LogP contribution in [0.4, 0.5) is 0 Å². The highest BCUT2D eigenvalue weighted by atomic mass is 79.9. The third-order valence-corrected chi connectivity index (χ3v) is 6.68. The van der Waals surface area contributed by atoms with E-state index in [2.05, 4.69) is 28.9 Å². The van der Waals surface area contributed by atoms with Crippen LogP contribution < -0.4 is 0 Å². The summed E-state index contributed by atoms with van der Waals surface area (Å²) in [6.45, 7) is 3.75. The van der Waals surface area contributed by atoms with Gasteiger partial charge in [0.25, 0.3) is 5.91 Å². The van der Waals surface area contributed by atoms with Crippen molar-refractivity contribution in [1.29, 1.82) is 0 Å². The van der Waals surface area contributed by atoms with Crippen LogP contribution in [-0.4, -0.2) is 48.4 Å². The van der Waals surface area contributed by atoms with Crippen LogP contribution in [0.3, 0.4) is 0 Å². The first-order valence-electron chi connectivity index (χ1n) is 10.4. The quantitative estimate of drug-likeness (QED) is 0.376. The summed E-state index contributed by atoms with van der Waals surface area (Å²) in [6.07, 6.45) is 0. The minimum atomic E-state index is -0.185. The van der Waals surface area contributed by atoms with Gasteiger partial charge in [-0.05, 0) is 53.8 Å². The van der Waals surface area contributed by atoms with Crippen LogP contribution in [0, 0.1) is 6.92 Å². The predicted octanol–water partition coefficient (Wildman–Crippen LogP) is 5.14. The summed E-state index contributed by atoms with van der Waals surface area (Å²) in [7, 11) is 1.59. The molecule has 0 unspecified atom stereocenters. The molecule has 2 aromatic carbocycles. The van der Waals surface area contributed by atoms with Gasteiger partial charge < -0.3 is 14.5 Å². The Bertz CT molecular complexity index is 1020. The fourth-order valence-corrected chi connectivity index (χ4v) is 4.45. The largest absolute Gasteiger partial charge is 0.383 e. The lowest BCUT2D eigenvalue weighted by atomic mass is 10.2. The minimum absolute atomic E-state index is 0.00445. The summed E-state index contributed by atoms with van der Waals surface area (Å²) < 4.78 is 6.09. The Kier molecular flexibility index (Phi) is 9.02. The van der Waals surface area contributed by atoms with E-state index in [0.717, 1.165) is 14.9 Å². The minimum Gasteiger partial charge on any atom is -0.383 e. The number of nitrogens with zero attached hydrogens (tertiary/aromatic N) is 2. The molecule has 32 heavy (non-hydrogen) atoms. The van der Waals surface area contributed by atoms with Crippen LogP contribution >= 0.6 is 27.3 Å². The van der Waals surface area contributed by atoms with Gasteiger partial charge in [-0.15, -0.1) is 11.3 Å². The standard InChI is InChI=1S/C25H27BrN2O3S/c1-19-12-15-32-23(19)17-28(16-20-6-4-3-5-7-20)24(29)18-27(13-14-31-2)25(30)21-8-10-22(26)11-9-21/h3-12,15H,13-14,16-18H2,1-2H3. The SMILES string of the molecule is COCCN(CC(=O)N(Cc1ccccc1)Cc1sccc1C)C(=O)c1ccc(Br)cc1. The first kappa shape index (κ1) is 24.2. The maximum atomic E-state index is 13.4. The Morgan fingerprint density at radius 2 is 1.69 bits per heavy atom. The van der Waals surface area contributed by atoms with Crippen LogP contribution in [0.15, 0.2) is 70.5 Å². The Balaban J connectivity index is 1.80. The van der Waals surface area contributed by atoms with E-state index in [1.807, 2.05) is 52.7 Å². The number of thiophene rings is 1.